The Morgan fingerprint density at radius 1 is 1.03 bits per heavy atom. The van der Waals surface area contributed by atoms with Crippen molar-refractivity contribution in [3.05, 3.63) is 53.1 Å². The van der Waals surface area contributed by atoms with Gasteiger partial charge in [0.15, 0.2) is 6.29 Å². The summed E-state index contributed by atoms with van der Waals surface area (Å²) in [5.41, 5.74) is 0.224. The zero-order valence-corrected chi connectivity index (χ0v) is 16.9. The second kappa shape index (κ2) is 9.02. The van der Waals surface area contributed by atoms with E-state index in [1.54, 1.807) is 12.1 Å². The molecule has 2 aromatic carbocycles. The standard InChI is InChI=1S/C24H27F3O2/c1-3-4-16-5-7-17(8-6-16)18-9-11-19(12-10-18)20-13-14-22(29-2)21(15-28)23(20)24(25,26)27/h9-17H,3-8H2,1-2H3. The summed E-state index contributed by atoms with van der Waals surface area (Å²) < 4.78 is 46.2. The number of carbonyl (C=O) groups is 1. The van der Waals surface area contributed by atoms with Crippen LogP contribution < -0.4 is 4.74 Å². The topological polar surface area (TPSA) is 26.3 Å². The minimum absolute atomic E-state index is 0.00129. The smallest absolute Gasteiger partial charge is 0.417 e. The van der Waals surface area contributed by atoms with Crippen molar-refractivity contribution in [3.8, 4) is 16.9 Å². The van der Waals surface area contributed by atoms with Crippen molar-refractivity contribution in [1.29, 1.82) is 0 Å². The molecular formula is C24H27F3O2. The normalized spacial score (nSPS) is 19.8. The van der Waals surface area contributed by atoms with Crippen LogP contribution in [0.15, 0.2) is 36.4 Å². The van der Waals surface area contributed by atoms with Gasteiger partial charge in [-0.15, -0.1) is 0 Å². The molecule has 0 spiro atoms. The summed E-state index contributed by atoms with van der Waals surface area (Å²) in [6, 6.07) is 10.1. The first kappa shape index (κ1) is 21.4. The lowest BCUT2D eigenvalue weighted by Gasteiger charge is -2.28. The molecule has 29 heavy (non-hydrogen) atoms. The highest BCUT2D eigenvalue weighted by atomic mass is 19.4. The number of rotatable bonds is 6. The maximum absolute atomic E-state index is 13.8. The molecular weight excluding hydrogens is 377 g/mol. The second-order valence-corrected chi connectivity index (χ2v) is 7.85. The summed E-state index contributed by atoms with van der Waals surface area (Å²) in [6.45, 7) is 2.22. The molecule has 0 atom stereocenters. The fraction of sp³-hybridized carbons (Fsp3) is 0.458. The Balaban J connectivity index is 1.90. The van der Waals surface area contributed by atoms with Gasteiger partial charge in [-0.05, 0) is 60.3 Å². The zero-order chi connectivity index (χ0) is 21.0. The number of alkyl halides is 3. The van der Waals surface area contributed by atoms with Crippen LogP contribution >= 0.6 is 0 Å². The summed E-state index contributed by atoms with van der Waals surface area (Å²) >= 11 is 0. The number of methoxy groups -OCH3 is 1. The van der Waals surface area contributed by atoms with Gasteiger partial charge < -0.3 is 4.74 Å². The monoisotopic (exact) mass is 404 g/mol. The molecule has 0 radical (unpaired) electrons. The first-order valence-corrected chi connectivity index (χ1v) is 10.2. The molecule has 1 aliphatic carbocycles. The Labute approximate surface area is 170 Å². The van der Waals surface area contributed by atoms with Gasteiger partial charge in [-0.3, -0.25) is 4.79 Å². The van der Waals surface area contributed by atoms with Crippen molar-refractivity contribution >= 4 is 6.29 Å². The predicted molar refractivity (Wildman–Crippen MR) is 108 cm³/mol. The molecule has 0 saturated heterocycles. The number of hydrogen-bond donors (Lipinski definition) is 0. The van der Waals surface area contributed by atoms with E-state index < -0.39 is 17.3 Å². The molecule has 0 N–H and O–H groups in total. The largest absolute Gasteiger partial charge is 0.496 e. The minimum atomic E-state index is -4.66. The van der Waals surface area contributed by atoms with E-state index in [0.717, 1.165) is 18.8 Å². The highest BCUT2D eigenvalue weighted by molar-refractivity contribution is 5.87. The van der Waals surface area contributed by atoms with Crippen LogP contribution in [0.5, 0.6) is 5.75 Å². The molecule has 1 saturated carbocycles. The van der Waals surface area contributed by atoms with Crippen molar-refractivity contribution < 1.29 is 22.7 Å². The van der Waals surface area contributed by atoms with Crippen LogP contribution in [0.25, 0.3) is 11.1 Å². The summed E-state index contributed by atoms with van der Waals surface area (Å²) in [4.78, 5) is 11.4. The van der Waals surface area contributed by atoms with Gasteiger partial charge in [0.05, 0.1) is 18.2 Å². The quantitative estimate of drug-likeness (QED) is 0.473. The van der Waals surface area contributed by atoms with Crippen LogP contribution in [-0.4, -0.2) is 13.4 Å². The fourth-order valence-corrected chi connectivity index (χ4v) is 4.57. The molecule has 0 bridgehead atoms. The average Bonchev–Trinajstić information content (AvgIpc) is 2.73. The van der Waals surface area contributed by atoms with E-state index in [4.69, 9.17) is 4.74 Å². The predicted octanol–water partition coefficient (Wildman–Crippen LogP) is 7.27. The third-order valence-electron chi connectivity index (χ3n) is 6.06. The molecule has 156 valence electrons. The molecule has 2 nitrogen and oxygen atoms in total. The highest BCUT2D eigenvalue weighted by Gasteiger charge is 2.38. The van der Waals surface area contributed by atoms with Crippen LogP contribution in [0.4, 0.5) is 13.2 Å². The Morgan fingerprint density at radius 2 is 1.69 bits per heavy atom. The highest BCUT2D eigenvalue weighted by Crippen LogP contribution is 2.43. The van der Waals surface area contributed by atoms with Gasteiger partial charge in [0.25, 0.3) is 0 Å². The van der Waals surface area contributed by atoms with Crippen molar-refractivity contribution in [3.63, 3.8) is 0 Å². The number of carbonyl (C=O) groups excluding carboxylic acids is 1. The van der Waals surface area contributed by atoms with E-state index in [1.807, 2.05) is 12.1 Å². The Hall–Kier alpha value is -2.30. The van der Waals surface area contributed by atoms with Gasteiger partial charge in [-0.1, -0.05) is 50.1 Å². The number of ether oxygens (including phenoxy) is 1. The van der Waals surface area contributed by atoms with E-state index in [2.05, 4.69) is 6.92 Å². The van der Waals surface area contributed by atoms with Crippen LogP contribution in [0, 0.1) is 5.92 Å². The number of aldehydes is 1. The SMILES string of the molecule is CCCC1CCC(c2ccc(-c3ccc(OC)c(C=O)c3C(F)(F)F)cc2)CC1. The zero-order valence-electron chi connectivity index (χ0n) is 16.9. The van der Waals surface area contributed by atoms with Crippen molar-refractivity contribution in [2.24, 2.45) is 5.92 Å². The Kier molecular flexibility index (Phi) is 6.66. The van der Waals surface area contributed by atoms with Crippen LogP contribution in [0.2, 0.25) is 0 Å². The lowest BCUT2D eigenvalue weighted by molar-refractivity contribution is -0.137. The number of benzene rings is 2. The van der Waals surface area contributed by atoms with Gasteiger partial charge in [0, 0.05) is 0 Å². The Morgan fingerprint density at radius 3 is 2.21 bits per heavy atom. The molecule has 0 amide bonds. The number of hydrogen-bond acceptors (Lipinski definition) is 2. The third-order valence-corrected chi connectivity index (χ3v) is 6.06. The molecule has 1 fully saturated rings. The maximum Gasteiger partial charge on any atom is 0.417 e. The van der Waals surface area contributed by atoms with E-state index in [0.29, 0.717) is 11.5 Å². The maximum atomic E-state index is 13.8. The van der Waals surface area contributed by atoms with Crippen molar-refractivity contribution in [2.75, 3.05) is 7.11 Å². The van der Waals surface area contributed by atoms with Crippen molar-refractivity contribution in [2.45, 2.75) is 57.5 Å². The molecule has 5 heteroatoms. The molecule has 0 heterocycles. The summed E-state index contributed by atoms with van der Waals surface area (Å²) in [6.07, 6.45) is 2.77. The van der Waals surface area contributed by atoms with Gasteiger partial charge in [0.2, 0.25) is 0 Å². The lowest BCUT2D eigenvalue weighted by atomic mass is 9.77. The molecule has 0 aromatic heterocycles. The van der Waals surface area contributed by atoms with Crippen molar-refractivity contribution in [1.82, 2.24) is 0 Å². The molecule has 3 rings (SSSR count). The van der Waals surface area contributed by atoms with E-state index in [1.165, 1.54) is 50.5 Å². The summed E-state index contributed by atoms with van der Waals surface area (Å²) in [5.74, 6) is 1.21. The van der Waals surface area contributed by atoms with Crippen LogP contribution in [0.3, 0.4) is 0 Å². The van der Waals surface area contributed by atoms with Gasteiger partial charge in [-0.25, -0.2) is 0 Å². The first-order chi connectivity index (χ1) is 13.9. The third kappa shape index (κ3) is 4.65. The molecule has 0 aliphatic heterocycles. The molecule has 2 aromatic rings. The fourth-order valence-electron chi connectivity index (χ4n) is 4.57. The molecule has 1 aliphatic rings. The van der Waals surface area contributed by atoms with E-state index in [9.17, 15) is 18.0 Å². The second-order valence-electron chi connectivity index (χ2n) is 7.85. The first-order valence-electron chi connectivity index (χ1n) is 10.2. The minimum Gasteiger partial charge on any atom is -0.496 e. The molecule has 0 unspecified atom stereocenters. The number of halogens is 3. The average molecular weight is 404 g/mol. The summed E-state index contributed by atoms with van der Waals surface area (Å²) in [7, 11) is 1.26. The van der Waals surface area contributed by atoms with E-state index >= 15 is 0 Å². The lowest BCUT2D eigenvalue weighted by Crippen LogP contribution is -2.13. The van der Waals surface area contributed by atoms with Gasteiger partial charge in [-0.2, -0.15) is 13.2 Å². The van der Waals surface area contributed by atoms with Crippen LogP contribution in [-0.2, 0) is 6.18 Å². The van der Waals surface area contributed by atoms with Gasteiger partial charge in [0.1, 0.15) is 5.75 Å². The van der Waals surface area contributed by atoms with Crippen LogP contribution in [0.1, 0.15) is 72.9 Å². The summed E-state index contributed by atoms with van der Waals surface area (Å²) in [5, 5.41) is 0. The Bertz CT molecular complexity index is 832. The van der Waals surface area contributed by atoms with Gasteiger partial charge >= 0.3 is 6.18 Å². The van der Waals surface area contributed by atoms with E-state index in [-0.39, 0.29) is 17.6 Å².